The van der Waals surface area contributed by atoms with E-state index in [2.05, 4.69) is 48.7 Å². The Labute approximate surface area is 177 Å². The van der Waals surface area contributed by atoms with Crippen molar-refractivity contribution in [2.45, 2.75) is 96.2 Å². The molecule has 1 fully saturated rings. The van der Waals surface area contributed by atoms with Crippen molar-refractivity contribution in [3.05, 3.63) is 35.9 Å². The average molecular weight is 407 g/mol. The molecule has 5 heteroatoms. The molecule has 1 heterocycles. The lowest BCUT2D eigenvalue weighted by Gasteiger charge is -2.48. The van der Waals surface area contributed by atoms with Crippen LogP contribution in [0.5, 0.6) is 0 Å². The lowest BCUT2D eigenvalue weighted by atomic mass is 9.74. The maximum Gasteiger partial charge on any atom is 0.179 e. The van der Waals surface area contributed by atoms with Crippen molar-refractivity contribution < 1.29 is 14.9 Å². The summed E-state index contributed by atoms with van der Waals surface area (Å²) in [7, 11) is 1.80. The monoisotopic (exact) mass is 406 g/mol. The van der Waals surface area contributed by atoms with Crippen LogP contribution in [0.2, 0.25) is 0 Å². The summed E-state index contributed by atoms with van der Waals surface area (Å²) >= 11 is 0. The number of rotatable bonds is 13. The molecule has 4 unspecified atom stereocenters. The van der Waals surface area contributed by atoms with E-state index in [1.165, 1.54) is 37.7 Å². The number of hydrogen-bond acceptors (Lipinski definition) is 5. The molecule has 1 aromatic carbocycles. The number of benzene rings is 1. The average Bonchev–Trinajstić information content (AvgIpc) is 2.73. The molecule has 1 aliphatic rings. The molecule has 1 aliphatic heterocycles. The fourth-order valence-corrected chi connectivity index (χ4v) is 4.37. The van der Waals surface area contributed by atoms with Crippen LogP contribution in [-0.2, 0) is 11.2 Å². The standard InChI is InChI=1S/C24H42N2O3/c1-4-5-6-7-8-12-17-23(2,18-20-13-10-9-11-14-20)24(28,25-3)26-22-16-15-21(27)19-29-22/h9-11,13-14,21-22,25-28H,4-8,12,15-19H2,1-3H3. The minimum absolute atomic E-state index is 0.268. The van der Waals surface area contributed by atoms with Crippen LogP contribution in [0.25, 0.3) is 0 Å². The first kappa shape index (κ1) is 24.3. The zero-order chi connectivity index (χ0) is 21.2. The number of aliphatic hydroxyl groups excluding tert-OH is 1. The third-order valence-electron chi connectivity index (χ3n) is 6.38. The zero-order valence-corrected chi connectivity index (χ0v) is 18.6. The quantitative estimate of drug-likeness (QED) is 0.295. The Morgan fingerprint density at radius 3 is 2.38 bits per heavy atom. The van der Waals surface area contributed by atoms with Crippen LogP contribution in [0, 0.1) is 5.41 Å². The Balaban J connectivity index is 2.09. The molecule has 0 aliphatic carbocycles. The lowest BCUT2D eigenvalue weighted by molar-refractivity contribution is -0.178. The maximum atomic E-state index is 11.7. The summed E-state index contributed by atoms with van der Waals surface area (Å²) in [5.74, 6) is -1.26. The van der Waals surface area contributed by atoms with E-state index in [0.717, 1.165) is 19.3 Å². The van der Waals surface area contributed by atoms with Gasteiger partial charge in [-0.1, -0.05) is 82.7 Å². The fourth-order valence-electron chi connectivity index (χ4n) is 4.37. The maximum absolute atomic E-state index is 11.7. The molecular weight excluding hydrogens is 364 g/mol. The fraction of sp³-hybridized carbons (Fsp3) is 0.750. The summed E-state index contributed by atoms with van der Waals surface area (Å²) in [5, 5.41) is 27.9. The van der Waals surface area contributed by atoms with Crippen molar-refractivity contribution >= 4 is 0 Å². The molecule has 0 aromatic heterocycles. The highest BCUT2D eigenvalue weighted by molar-refractivity contribution is 5.17. The van der Waals surface area contributed by atoms with E-state index in [4.69, 9.17) is 4.74 Å². The van der Waals surface area contributed by atoms with E-state index in [1.54, 1.807) is 7.05 Å². The van der Waals surface area contributed by atoms with Gasteiger partial charge in [-0.25, -0.2) is 0 Å². The molecule has 29 heavy (non-hydrogen) atoms. The molecule has 0 spiro atoms. The molecule has 1 saturated heterocycles. The third kappa shape index (κ3) is 7.34. The second kappa shape index (κ2) is 12.0. The molecule has 0 radical (unpaired) electrons. The van der Waals surface area contributed by atoms with Crippen LogP contribution in [0.1, 0.15) is 77.2 Å². The van der Waals surface area contributed by atoms with Crippen molar-refractivity contribution in [1.29, 1.82) is 0 Å². The largest absolute Gasteiger partial charge is 0.391 e. The van der Waals surface area contributed by atoms with Gasteiger partial charge in [0.25, 0.3) is 0 Å². The van der Waals surface area contributed by atoms with E-state index in [9.17, 15) is 10.2 Å². The molecule has 2 rings (SSSR count). The van der Waals surface area contributed by atoms with Gasteiger partial charge >= 0.3 is 0 Å². The van der Waals surface area contributed by atoms with Gasteiger partial charge in [-0.05, 0) is 38.3 Å². The highest BCUT2D eigenvalue weighted by Crippen LogP contribution is 2.38. The summed E-state index contributed by atoms with van der Waals surface area (Å²) in [6, 6.07) is 10.4. The first-order valence-electron chi connectivity index (χ1n) is 11.4. The molecule has 166 valence electrons. The molecule has 4 atom stereocenters. The van der Waals surface area contributed by atoms with Gasteiger partial charge < -0.3 is 14.9 Å². The topological polar surface area (TPSA) is 73.8 Å². The first-order chi connectivity index (χ1) is 13.9. The smallest absolute Gasteiger partial charge is 0.179 e. The molecule has 1 aromatic rings. The van der Waals surface area contributed by atoms with Gasteiger partial charge in [0.05, 0.1) is 12.7 Å². The van der Waals surface area contributed by atoms with Gasteiger partial charge in [0, 0.05) is 5.41 Å². The van der Waals surface area contributed by atoms with Crippen LogP contribution in [0.4, 0.5) is 0 Å². The minimum Gasteiger partial charge on any atom is -0.391 e. The second-order valence-electron chi connectivity index (χ2n) is 8.90. The Kier molecular flexibility index (Phi) is 10.1. The Morgan fingerprint density at radius 2 is 1.76 bits per heavy atom. The van der Waals surface area contributed by atoms with Crippen LogP contribution < -0.4 is 10.6 Å². The van der Waals surface area contributed by atoms with Crippen LogP contribution in [-0.4, -0.2) is 42.0 Å². The highest BCUT2D eigenvalue weighted by atomic mass is 16.5. The van der Waals surface area contributed by atoms with E-state index in [1.807, 2.05) is 6.07 Å². The van der Waals surface area contributed by atoms with Crippen LogP contribution in [0.3, 0.4) is 0 Å². The van der Waals surface area contributed by atoms with Gasteiger partial charge in [-0.15, -0.1) is 0 Å². The zero-order valence-electron chi connectivity index (χ0n) is 18.6. The summed E-state index contributed by atoms with van der Waals surface area (Å²) in [4.78, 5) is 0. The molecule has 4 N–H and O–H groups in total. The Hall–Kier alpha value is -0.980. The van der Waals surface area contributed by atoms with Gasteiger partial charge in [0.15, 0.2) is 5.85 Å². The second-order valence-corrected chi connectivity index (χ2v) is 8.90. The molecule has 5 nitrogen and oxygen atoms in total. The van der Waals surface area contributed by atoms with Gasteiger partial charge in [0.2, 0.25) is 0 Å². The first-order valence-corrected chi connectivity index (χ1v) is 11.4. The van der Waals surface area contributed by atoms with Crippen molar-refractivity contribution in [2.24, 2.45) is 5.41 Å². The summed E-state index contributed by atoms with van der Waals surface area (Å²) < 4.78 is 5.74. The van der Waals surface area contributed by atoms with Crippen molar-refractivity contribution in [3.63, 3.8) is 0 Å². The van der Waals surface area contributed by atoms with Crippen molar-refractivity contribution in [2.75, 3.05) is 13.7 Å². The van der Waals surface area contributed by atoms with Gasteiger partial charge in [0.1, 0.15) is 6.23 Å². The van der Waals surface area contributed by atoms with Gasteiger partial charge in [-0.2, -0.15) is 0 Å². The highest BCUT2D eigenvalue weighted by Gasteiger charge is 2.47. The van der Waals surface area contributed by atoms with Crippen molar-refractivity contribution in [1.82, 2.24) is 10.6 Å². The number of hydrogen-bond donors (Lipinski definition) is 4. The molecular formula is C24H42N2O3. The normalized spacial score (nSPS) is 24.0. The molecule has 0 bridgehead atoms. The summed E-state index contributed by atoms with van der Waals surface area (Å²) in [6.45, 7) is 4.71. The number of aliphatic hydroxyl groups is 2. The van der Waals surface area contributed by atoms with E-state index in [-0.39, 0.29) is 6.23 Å². The molecule has 0 amide bonds. The molecule has 0 saturated carbocycles. The summed E-state index contributed by atoms with van der Waals surface area (Å²) in [5.41, 5.74) is 0.809. The lowest BCUT2D eigenvalue weighted by Crippen LogP contribution is -2.69. The van der Waals surface area contributed by atoms with Gasteiger partial charge in [-0.3, -0.25) is 10.6 Å². The predicted octanol–water partition coefficient (Wildman–Crippen LogP) is 3.94. The van der Waals surface area contributed by atoms with E-state index in [0.29, 0.717) is 19.4 Å². The number of ether oxygens (including phenoxy) is 1. The van der Waals surface area contributed by atoms with Crippen molar-refractivity contribution in [3.8, 4) is 0 Å². The van der Waals surface area contributed by atoms with Crippen LogP contribution >= 0.6 is 0 Å². The third-order valence-corrected chi connectivity index (χ3v) is 6.38. The van der Waals surface area contributed by atoms with Crippen LogP contribution in [0.15, 0.2) is 30.3 Å². The number of unbranched alkanes of at least 4 members (excludes halogenated alkanes) is 5. The van der Waals surface area contributed by atoms with E-state index < -0.39 is 17.4 Å². The Morgan fingerprint density at radius 1 is 1.07 bits per heavy atom. The predicted molar refractivity (Wildman–Crippen MR) is 118 cm³/mol. The summed E-state index contributed by atoms with van der Waals surface area (Å²) in [6.07, 6.45) is 9.75. The minimum atomic E-state index is -1.26. The Bertz CT molecular complexity index is 563. The SMILES string of the molecule is CCCCCCCCC(C)(Cc1ccccc1)C(O)(NC)NC1CCC(O)CO1. The number of nitrogens with one attached hydrogen (secondary N) is 2. The van der Waals surface area contributed by atoms with E-state index >= 15 is 0 Å².